The number of amides is 1. The van der Waals surface area contributed by atoms with Crippen LogP contribution in [-0.2, 0) is 17.8 Å². The topological polar surface area (TPSA) is 60.2 Å². The molecular formula is C17H18N4O2S2. The minimum Gasteiger partial charge on any atom is -0.444 e. The Morgan fingerprint density at radius 3 is 2.92 bits per heavy atom. The maximum Gasteiger partial charge on any atom is 0.410 e. The fraction of sp³-hybridized carbons (Fsp3) is 0.353. The van der Waals surface area contributed by atoms with E-state index in [0.717, 1.165) is 21.7 Å². The minimum atomic E-state index is -0.484. The van der Waals surface area contributed by atoms with E-state index in [4.69, 9.17) is 4.74 Å². The van der Waals surface area contributed by atoms with Crippen molar-refractivity contribution < 1.29 is 9.53 Å². The van der Waals surface area contributed by atoms with Crippen LogP contribution in [0.4, 0.5) is 4.79 Å². The first-order valence-corrected chi connectivity index (χ1v) is 9.60. The number of aromatic nitrogens is 3. The number of carbonyl (C=O) groups is 1. The largest absolute Gasteiger partial charge is 0.444 e. The quantitative estimate of drug-likeness (QED) is 0.669. The van der Waals surface area contributed by atoms with Crippen LogP contribution in [0.15, 0.2) is 34.8 Å². The Labute approximate surface area is 153 Å². The van der Waals surface area contributed by atoms with Crippen molar-refractivity contribution in [2.75, 3.05) is 0 Å². The van der Waals surface area contributed by atoms with E-state index in [2.05, 4.69) is 16.1 Å². The zero-order valence-electron chi connectivity index (χ0n) is 14.2. The van der Waals surface area contributed by atoms with Crippen LogP contribution in [-0.4, -0.2) is 30.8 Å². The Balaban J connectivity index is 1.45. The number of hydrogen-bond acceptors (Lipinski definition) is 6. The molecule has 6 nitrogen and oxygen atoms in total. The fourth-order valence-electron chi connectivity index (χ4n) is 2.63. The van der Waals surface area contributed by atoms with E-state index in [1.165, 1.54) is 4.70 Å². The molecule has 0 saturated carbocycles. The standard InChI is InChI=1S/C17H18N4O2S2/c1-17(2,3)23-16(22)20-7-11-8-21(19-14(11)9-20)25-12-4-5-13-15(6-12)24-10-18-13/h4-6,8,10H,7,9H2,1-3H3. The van der Waals surface area contributed by atoms with E-state index in [0.29, 0.717) is 13.1 Å². The van der Waals surface area contributed by atoms with Gasteiger partial charge in [0.2, 0.25) is 0 Å². The van der Waals surface area contributed by atoms with Crippen molar-refractivity contribution in [1.82, 2.24) is 19.1 Å². The molecule has 25 heavy (non-hydrogen) atoms. The van der Waals surface area contributed by atoms with Gasteiger partial charge in [0.05, 0.1) is 34.5 Å². The lowest BCUT2D eigenvalue weighted by atomic mass is 10.2. The van der Waals surface area contributed by atoms with Crippen molar-refractivity contribution >= 4 is 39.6 Å². The van der Waals surface area contributed by atoms with Crippen LogP contribution in [0.25, 0.3) is 10.2 Å². The molecule has 0 unspecified atom stereocenters. The van der Waals surface area contributed by atoms with Gasteiger partial charge in [-0.15, -0.1) is 11.3 Å². The van der Waals surface area contributed by atoms with E-state index < -0.39 is 5.60 Å². The number of ether oxygens (including phenoxy) is 1. The molecule has 0 fully saturated rings. The van der Waals surface area contributed by atoms with Gasteiger partial charge in [0, 0.05) is 28.6 Å². The predicted octanol–water partition coefficient (Wildman–Crippen LogP) is 4.30. The molecule has 0 bridgehead atoms. The molecule has 0 spiro atoms. The molecule has 1 amide bonds. The molecule has 3 heterocycles. The summed E-state index contributed by atoms with van der Waals surface area (Å²) in [6, 6.07) is 6.19. The smallest absolute Gasteiger partial charge is 0.410 e. The van der Waals surface area contributed by atoms with Gasteiger partial charge in [-0.05, 0) is 39.0 Å². The van der Waals surface area contributed by atoms with Crippen molar-refractivity contribution in [1.29, 1.82) is 0 Å². The maximum atomic E-state index is 12.2. The highest BCUT2D eigenvalue weighted by molar-refractivity contribution is 7.97. The van der Waals surface area contributed by atoms with E-state index >= 15 is 0 Å². The van der Waals surface area contributed by atoms with Crippen molar-refractivity contribution in [3.63, 3.8) is 0 Å². The van der Waals surface area contributed by atoms with Crippen molar-refractivity contribution in [3.8, 4) is 0 Å². The Bertz CT molecular complexity index is 918. The molecule has 3 aromatic rings. The summed E-state index contributed by atoms with van der Waals surface area (Å²) in [5, 5.41) is 4.60. The van der Waals surface area contributed by atoms with Crippen molar-refractivity contribution in [2.24, 2.45) is 0 Å². The summed E-state index contributed by atoms with van der Waals surface area (Å²) in [5.41, 5.74) is 4.38. The molecule has 8 heteroatoms. The first kappa shape index (κ1) is 16.4. The summed E-state index contributed by atoms with van der Waals surface area (Å²) in [7, 11) is 0. The van der Waals surface area contributed by atoms with Crippen molar-refractivity contribution in [2.45, 2.75) is 44.4 Å². The molecule has 0 radical (unpaired) electrons. The van der Waals surface area contributed by atoms with Gasteiger partial charge in [-0.2, -0.15) is 5.10 Å². The second kappa shape index (κ2) is 6.03. The average Bonchev–Trinajstić information content (AvgIpc) is 3.18. The maximum absolute atomic E-state index is 12.2. The van der Waals surface area contributed by atoms with Gasteiger partial charge in [-0.1, -0.05) is 0 Å². The third kappa shape index (κ3) is 3.50. The van der Waals surface area contributed by atoms with Gasteiger partial charge in [0.1, 0.15) is 5.60 Å². The van der Waals surface area contributed by atoms with Gasteiger partial charge >= 0.3 is 6.09 Å². The third-order valence-corrected chi connectivity index (χ3v) is 5.34. The SMILES string of the molecule is CC(C)(C)OC(=O)N1Cc2cn(Sc3ccc4ncsc4c3)nc2C1. The summed E-state index contributed by atoms with van der Waals surface area (Å²) >= 11 is 3.19. The number of fused-ring (bicyclic) bond motifs is 2. The lowest BCUT2D eigenvalue weighted by Gasteiger charge is -2.24. The van der Waals surface area contributed by atoms with Crippen LogP contribution in [0.3, 0.4) is 0 Å². The van der Waals surface area contributed by atoms with Gasteiger partial charge in [-0.25, -0.2) is 13.9 Å². The first-order valence-electron chi connectivity index (χ1n) is 7.94. The number of nitrogens with zero attached hydrogens (tertiary/aromatic N) is 4. The Morgan fingerprint density at radius 2 is 2.16 bits per heavy atom. The summed E-state index contributed by atoms with van der Waals surface area (Å²) in [5.74, 6) is 0. The lowest BCUT2D eigenvalue weighted by molar-refractivity contribution is 0.0239. The van der Waals surface area contributed by atoms with Gasteiger partial charge in [0.15, 0.2) is 0 Å². The van der Waals surface area contributed by atoms with Crippen LogP contribution < -0.4 is 0 Å². The Morgan fingerprint density at radius 1 is 1.32 bits per heavy atom. The Kier molecular flexibility index (Phi) is 3.96. The summed E-state index contributed by atoms with van der Waals surface area (Å²) in [4.78, 5) is 19.3. The molecule has 4 rings (SSSR count). The third-order valence-electron chi connectivity index (χ3n) is 3.71. The molecule has 0 saturated heterocycles. The van der Waals surface area contributed by atoms with Gasteiger partial charge < -0.3 is 4.74 Å². The summed E-state index contributed by atoms with van der Waals surface area (Å²) in [6.07, 6.45) is 1.70. The van der Waals surface area contributed by atoms with E-state index in [-0.39, 0.29) is 6.09 Å². The number of benzene rings is 1. The normalized spacial score (nSPS) is 14.1. The van der Waals surface area contributed by atoms with Crippen LogP contribution >= 0.6 is 23.3 Å². The van der Waals surface area contributed by atoms with Crippen LogP contribution in [0.2, 0.25) is 0 Å². The monoisotopic (exact) mass is 374 g/mol. The summed E-state index contributed by atoms with van der Waals surface area (Å²) in [6.45, 7) is 6.65. The minimum absolute atomic E-state index is 0.291. The molecule has 2 aromatic heterocycles. The van der Waals surface area contributed by atoms with E-state index in [1.807, 2.05) is 48.7 Å². The Hall–Kier alpha value is -2.06. The predicted molar refractivity (Wildman–Crippen MR) is 98.6 cm³/mol. The zero-order valence-corrected chi connectivity index (χ0v) is 15.9. The van der Waals surface area contributed by atoms with E-state index in [9.17, 15) is 4.79 Å². The van der Waals surface area contributed by atoms with Crippen molar-refractivity contribution in [3.05, 3.63) is 41.2 Å². The molecule has 1 aliphatic rings. The van der Waals surface area contributed by atoms with Crippen LogP contribution in [0.1, 0.15) is 32.0 Å². The van der Waals surface area contributed by atoms with Crippen LogP contribution in [0.5, 0.6) is 0 Å². The van der Waals surface area contributed by atoms with Gasteiger partial charge in [0.25, 0.3) is 0 Å². The lowest BCUT2D eigenvalue weighted by Crippen LogP contribution is -2.33. The number of hydrogen-bond donors (Lipinski definition) is 0. The van der Waals surface area contributed by atoms with E-state index in [1.54, 1.807) is 28.2 Å². The average molecular weight is 374 g/mol. The zero-order chi connectivity index (χ0) is 17.6. The van der Waals surface area contributed by atoms with Gasteiger partial charge in [-0.3, -0.25) is 4.90 Å². The number of thiazole rings is 1. The molecular weight excluding hydrogens is 356 g/mol. The molecule has 1 aliphatic heterocycles. The molecule has 130 valence electrons. The molecule has 0 atom stereocenters. The fourth-order valence-corrected chi connectivity index (χ4v) is 4.26. The second-order valence-electron chi connectivity index (χ2n) is 6.91. The molecule has 1 aromatic carbocycles. The molecule has 0 N–H and O–H groups in total. The second-order valence-corrected chi connectivity index (χ2v) is 8.83. The summed E-state index contributed by atoms with van der Waals surface area (Å²) < 4.78 is 8.45. The number of carbonyl (C=O) groups excluding carboxylic acids is 1. The highest BCUT2D eigenvalue weighted by atomic mass is 32.2. The molecule has 0 aliphatic carbocycles. The highest BCUT2D eigenvalue weighted by Crippen LogP contribution is 2.29. The number of rotatable bonds is 2. The highest BCUT2D eigenvalue weighted by Gasteiger charge is 2.30. The first-order chi connectivity index (χ1) is 11.9. The van der Waals surface area contributed by atoms with Crippen LogP contribution in [0, 0.1) is 0 Å².